The van der Waals surface area contributed by atoms with Crippen LogP contribution < -0.4 is 10.1 Å². The highest BCUT2D eigenvalue weighted by Crippen LogP contribution is 2.36. The molecular formula is C21H22ClF3N2O2. The van der Waals surface area contributed by atoms with E-state index in [1.165, 1.54) is 7.11 Å². The number of likely N-dealkylation sites (tertiary alicyclic amines) is 1. The molecule has 156 valence electrons. The van der Waals surface area contributed by atoms with Gasteiger partial charge in [0.1, 0.15) is 11.8 Å². The maximum atomic E-state index is 13.3. The molecule has 1 heterocycles. The molecule has 0 bridgehead atoms. The summed E-state index contributed by atoms with van der Waals surface area (Å²) in [6.45, 7) is 0.211. The molecule has 1 aliphatic rings. The fourth-order valence-electron chi connectivity index (χ4n) is 3.63. The zero-order valence-corrected chi connectivity index (χ0v) is 16.6. The Labute approximate surface area is 172 Å². The van der Waals surface area contributed by atoms with Crippen LogP contribution in [-0.2, 0) is 4.79 Å². The van der Waals surface area contributed by atoms with Crippen LogP contribution in [0.2, 0.25) is 5.02 Å². The van der Waals surface area contributed by atoms with E-state index < -0.39 is 24.0 Å². The lowest BCUT2D eigenvalue weighted by molar-refractivity contribution is -0.189. The standard InChI is InChI=1S/C21H22ClF3N2O2/c1-29-18-10-9-16(12-17(18)22)26-20(28)19(14-6-3-2-4-7-14)27-11-5-8-15(13-27)21(23,24)25/h2-4,6-7,9-10,12,15,19H,5,8,11,13H2,1H3,(H,26,28). The Hall–Kier alpha value is -2.25. The van der Waals surface area contributed by atoms with E-state index in [-0.39, 0.29) is 13.0 Å². The molecule has 0 aromatic heterocycles. The van der Waals surface area contributed by atoms with Gasteiger partial charge in [0.25, 0.3) is 0 Å². The number of ether oxygens (including phenoxy) is 1. The van der Waals surface area contributed by atoms with Crippen LogP contribution in [-0.4, -0.2) is 37.2 Å². The number of hydrogen-bond acceptors (Lipinski definition) is 3. The van der Waals surface area contributed by atoms with Gasteiger partial charge in [0.15, 0.2) is 0 Å². The van der Waals surface area contributed by atoms with E-state index >= 15 is 0 Å². The van der Waals surface area contributed by atoms with E-state index in [0.717, 1.165) is 0 Å². The Morgan fingerprint density at radius 2 is 1.97 bits per heavy atom. The largest absolute Gasteiger partial charge is 0.495 e. The fraction of sp³-hybridized carbons (Fsp3) is 0.381. The van der Waals surface area contributed by atoms with Gasteiger partial charge < -0.3 is 10.1 Å². The van der Waals surface area contributed by atoms with Gasteiger partial charge in [-0.15, -0.1) is 0 Å². The molecule has 29 heavy (non-hydrogen) atoms. The lowest BCUT2D eigenvalue weighted by atomic mass is 9.94. The maximum absolute atomic E-state index is 13.3. The Balaban J connectivity index is 1.86. The summed E-state index contributed by atoms with van der Waals surface area (Å²) >= 11 is 6.12. The van der Waals surface area contributed by atoms with Crippen molar-refractivity contribution >= 4 is 23.2 Å². The van der Waals surface area contributed by atoms with E-state index in [0.29, 0.717) is 35.0 Å². The highest BCUT2D eigenvalue weighted by atomic mass is 35.5. The average Bonchev–Trinajstić information content (AvgIpc) is 2.69. The minimum absolute atomic E-state index is 0.0806. The molecule has 0 radical (unpaired) electrons. The molecule has 4 nitrogen and oxygen atoms in total. The minimum atomic E-state index is -4.28. The third-order valence-corrected chi connectivity index (χ3v) is 5.36. The number of rotatable bonds is 5. The lowest BCUT2D eigenvalue weighted by Crippen LogP contribution is -2.46. The van der Waals surface area contributed by atoms with E-state index in [1.807, 2.05) is 0 Å². The van der Waals surface area contributed by atoms with Crippen LogP contribution in [0.4, 0.5) is 18.9 Å². The second-order valence-corrected chi connectivity index (χ2v) is 7.43. The summed E-state index contributed by atoms with van der Waals surface area (Å²) in [4.78, 5) is 14.7. The lowest BCUT2D eigenvalue weighted by Gasteiger charge is -2.38. The molecule has 8 heteroatoms. The van der Waals surface area contributed by atoms with Crippen molar-refractivity contribution in [2.75, 3.05) is 25.5 Å². The first-order valence-electron chi connectivity index (χ1n) is 9.29. The summed E-state index contributed by atoms with van der Waals surface area (Å²) in [5.74, 6) is -1.38. The van der Waals surface area contributed by atoms with Crippen molar-refractivity contribution in [1.82, 2.24) is 4.90 Å². The first-order chi connectivity index (χ1) is 13.8. The van der Waals surface area contributed by atoms with Crippen molar-refractivity contribution in [1.29, 1.82) is 0 Å². The number of nitrogens with one attached hydrogen (secondary N) is 1. The summed E-state index contributed by atoms with van der Waals surface area (Å²) in [6, 6.07) is 12.8. The number of alkyl halides is 3. The van der Waals surface area contributed by atoms with Crippen LogP contribution in [0, 0.1) is 5.92 Å². The molecule has 2 aromatic rings. The van der Waals surface area contributed by atoms with E-state index in [2.05, 4.69) is 5.32 Å². The summed E-state index contributed by atoms with van der Waals surface area (Å²) < 4.78 is 45.0. The van der Waals surface area contributed by atoms with E-state index in [4.69, 9.17) is 16.3 Å². The number of carbonyl (C=O) groups is 1. The zero-order valence-electron chi connectivity index (χ0n) is 15.9. The van der Waals surface area contributed by atoms with Gasteiger partial charge in [-0.25, -0.2) is 0 Å². The Morgan fingerprint density at radius 3 is 2.59 bits per heavy atom. The Kier molecular flexibility index (Phi) is 6.70. The van der Waals surface area contributed by atoms with Crippen molar-refractivity contribution in [2.45, 2.75) is 25.1 Å². The predicted molar refractivity (Wildman–Crippen MR) is 106 cm³/mol. The molecule has 2 aromatic carbocycles. The second-order valence-electron chi connectivity index (χ2n) is 7.03. The first kappa shape index (κ1) is 21.5. The summed E-state index contributed by atoms with van der Waals surface area (Å²) in [5, 5.41) is 3.11. The maximum Gasteiger partial charge on any atom is 0.393 e. The first-order valence-corrected chi connectivity index (χ1v) is 9.67. The van der Waals surface area contributed by atoms with E-state index in [1.54, 1.807) is 53.4 Å². The van der Waals surface area contributed by atoms with Crippen LogP contribution in [0.3, 0.4) is 0 Å². The zero-order chi connectivity index (χ0) is 21.0. The molecule has 1 aliphatic heterocycles. The van der Waals surface area contributed by atoms with Gasteiger partial charge in [0.05, 0.1) is 18.1 Å². The number of amides is 1. The third-order valence-electron chi connectivity index (χ3n) is 5.06. The Bertz CT molecular complexity index is 846. The molecule has 0 aliphatic carbocycles. The number of nitrogens with zero attached hydrogens (tertiary/aromatic N) is 1. The average molecular weight is 427 g/mol. The number of halogens is 4. The highest BCUT2D eigenvalue weighted by Gasteiger charge is 2.44. The molecule has 0 spiro atoms. The molecule has 1 N–H and O–H groups in total. The van der Waals surface area contributed by atoms with Crippen LogP contribution in [0.15, 0.2) is 48.5 Å². The molecule has 0 saturated carbocycles. The van der Waals surface area contributed by atoms with Crippen molar-refractivity contribution in [2.24, 2.45) is 5.92 Å². The van der Waals surface area contributed by atoms with Crippen molar-refractivity contribution in [3.8, 4) is 5.75 Å². The normalized spacial score (nSPS) is 18.9. The molecule has 1 fully saturated rings. The predicted octanol–water partition coefficient (Wildman–Crippen LogP) is 5.30. The SMILES string of the molecule is COc1ccc(NC(=O)C(c2ccccc2)N2CCCC(C(F)(F)F)C2)cc1Cl. The van der Waals surface area contributed by atoms with Crippen LogP contribution in [0.25, 0.3) is 0 Å². The van der Waals surface area contributed by atoms with Gasteiger partial charge in [0.2, 0.25) is 5.91 Å². The number of hydrogen-bond donors (Lipinski definition) is 1. The Morgan fingerprint density at radius 1 is 1.24 bits per heavy atom. The van der Waals surface area contributed by atoms with Gasteiger partial charge in [-0.2, -0.15) is 13.2 Å². The molecule has 2 unspecified atom stereocenters. The van der Waals surface area contributed by atoms with Crippen LogP contribution in [0.1, 0.15) is 24.4 Å². The molecule has 1 amide bonds. The van der Waals surface area contributed by atoms with Crippen molar-refractivity contribution in [3.63, 3.8) is 0 Å². The third kappa shape index (κ3) is 5.22. The minimum Gasteiger partial charge on any atom is -0.495 e. The number of anilines is 1. The van der Waals surface area contributed by atoms with Gasteiger partial charge in [-0.1, -0.05) is 41.9 Å². The molecular weight excluding hydrogens is 405 g/mol. The summed E-state index contributed by atoms with van der Waals surface area (Å²) in [6.07, 6.45) is -3.81. The number of carbonyl (C=O) groups excluding carboxylic acids is 1. The monoisotopic (exact) mass is 426 g/mol. The second kappa shape index (κ2) is 9.05. The van der Waals surface area contributed by atoms with Crippen molar-refractivity contribution in [3.05, 3.63) is 59.1 Å². The van der Waals surface area contributed by atoms with Gasteiger partial charge in [-0.3, -0.25) is 9.69 Å². The van der Waals surface area contributed by atoms with Gasteiger partial charge in [0, 0.05) is 12.2 Å². The van der Waals surface area contributed by atoms with Gasteiger partial charge in [-0.05, 0) is 43.1 Å². The molecule has 1 saturated heterocycles. The quantitative estimate of drug-likeness (QED) is 0.705. The van der Waals surface area contributed by atoms with E-state index in [9.17, 15) is 18.0 Å². The number of piperidine rings is 1. The molecule has 2 atom stereocenters. The smallest absolute Gasteiger partial charge is 0.393 e. The van der Waals surface area contributed by atoms with Crippen LogP contribution in [0.5, 0.6) is 5.75 Å². The van der Waals surface area contributed by atoms with Crippen LogP contribution >= 0.6 is 11.6 Å². The van der Waals surface area contributed by atoms with Gasteiger partial charge >= 0.3 is 6.18 Å². The molecule has 3 rings (SSSR count). The summed E-state index contributed by atoms with van der Waals surface area (Å²) in [7, 11) is 1.48. The summed E-state index contributed by atoms with van der Waals surface area (Å²) in [5.41, 5.74) is 1.10. The fourth-order valence-corrected chi connectivity index (χ4v) is 3.88. The van der Waals surface area contributed by atoms with Crippen molar-refractivity contribution < 1.29 is 22.7 Å². The number of methoxy groups -OCH3 is 1. The number of benzene rings is 2. The topological polar surface area (TPSA) is 41.6 Å². The highest BCUT2D eigenvalue weighted by molar-refractivity contribution is 6.32.